The van der Waals surface area contributed by atoms with Crippen molar-refractivity contribution in [1.29, 1.82) is 0 Å². The summed E-state index contributed by atoms with van der Waals surface area (Å²) in [5.41, 5.74) is 1.25. The Hall–Kier alpha value is -1.37. The Balaban J connectivity index is 1.52. The van der Waals surface area contributed by atoms with E-state index in [1.165, 1.54) is 20.5 Å². The highest BCUT2D eigenvalue weighted by molar-refractivity contribution is 7.98. The van der Waals surface area contributed by atoms with Crippen molar-refractivity contribution in [3.05, 3.63) is 45.9 Å². The predicted molar refractivity (Wildman–Crippen MR) is 138 cm³/mol. The highest BCUT2D eigenvalue weighted by atomic mass is 32.2. The number of nitrogens with zero attached hydrogens (tertiary/aromatic N) is 2. The Morgan fingerprint density at radius 2 is 2.00 bits per heavy atom. The fraction of sp³-hybridized carbons (Fsp3) is 0.630. The van der Waals surface area contributed by atoms with Gasteiger partial charge in [-0.25, -0.2) is 4.98 Å². The van der Waals surface area contributed by atoms with Crippen molar-refractivity contribution < 1.29 is 9.90 Å². The van der Waals surface area contributed by atoms with Crippen molar-refractivity contribution >= 4 is 29.0 Å². The number of aliphatic hydroxyl groups excluding tert-OH is 1. The van der Waals surface area contributed by atoms with Crippen LogP contribution in [0.1, 0.15) is 69.0 Å². The predicted octanol–water partition coefficient (Wildman–Crippen LogP) is 5.99. The zero-order chi connectivity index (χ0) is 23.8. The third-order valence-electron chi connectivity index (χ3n) is 8.18. The van der Waals surface area contributed by atoms with Crippen LogP contribution >= 0.6 is 23.1 Å². The van der Waals surface area contributed by atoms with Gasteiger partial charge in [0.05, 0.1) is 17.6 Å². The summed E-state index contributed by atoms with van der Waals surface area (Å²) in [5.74, 6) is 1.30. The zero-order valence-electron chi connectivity index (χ0n) is 20.6. The lowest BCUT2D eigenvalue weighted by atomic mass is 9.53. The number of thiazole rings is 1. The summed E-state index contributed by atoms with van der Waals surface area (Å²) in [5, 5.41) is 12.8. The van der Waals surface area contributed by atoms with Crippen LogP contribution in [0.2, 0.25) is 0 Å². The van der Waals surface area contributed by atoms with Crippen LogP contribution in [0, 0.1) is 23.2 Å². The molecule has 2 aliphatic carbocycles. The standard InChI is InChI=1S/C27H38N2O2S2/c1-6-29(7-2)26(31)17(3)20-13-14-27(5)15-21-24(18(4)23(27)25(20)30)28-22(33-21)16-32-19-11-9-8-10-12-19/h8-12,17-18,20,23,25,30H,6-7,13-16H2,1-5H3/t17-,18-,20+,23+,25-,27-/m0/s1. The molecule has 6 atom stereocenters. The smallest absolute Gasteiger partial charge is 0.225 e. The van der Waals surface area contributed by atoms with E-state index < -0.39 is 6.10 Å². The lowest BCUT2D eigenvalue weighted by Crippen LogP contribution is -2.53. The van der Waals surface area contributed by atoms with Gasteiger partial charge in [0, 0.05) is 34.7 Å². The van der Waals surface area contributed by atoms with Crippen molar-refractivity contribution in [2.75, 3.05) is 13.1 Å². The van der Waals surface area contributed by atoms with E-state index in [2.05, 4.69) is 38.1 Å². The van der Waals surface area contributed by atoms with Gasteiger partial charge >= 0.3 is 0 Å². The average Bonchev–Trinajstić information content (AvgIpc) is 3.21. The molecule has 1 amide bonds. The maximum atomic E-state index is 13.1. The Kier molecular flexibility index (Phi) is 7.56. The number of aliphatic hydroxyl groups is 1. The third kappa shape index (κ3) is 4.76. The second-order valence-electron chi connectivity index (χ2n) is 10.2. The highest BCUT2D eigenvalue weighted by Gasteiger charge is 2.54. The molecule has 4 rings (SSSR count). The number of fused-ring (bicyclic) bond motifs is 2. The van der Waals surface area contributed by atoms with Crippen LogP contribution in [0.25, 0.3) is 0 Å². The largest absolute Gasteiger partial charge is 0.392 e. The Bertz CT molecular complexity index is 958. The Labute approximate surface area is 207 Å². The molecule has 0 radical (unpaired) electrons. The van der Waals surface area contributed by atoms with Crippen LogP contribution in [-0.4, -0.2) is 40.1 Å². The number of amides is 1. The Morgan fingerprint density at radius 3 is 2.67 bits per heavy atom. The summed E-state index contributed by atoms with van der Waals surface area (Å²) < 4.78 is 0. The molecular formula is C27H38N2O2S2. The first-order valence-corrected chi connectivity index (χ1v) is 14.2. The molecule has 0 bridgehead atoms. The molecule has 1 fully saturated rings. The fourth-order valence-electron chi connectivity index (χ4n) is 6.33. The summed E-state index contributed by atoms with van der Waals surface area (Å²) in [6, 6.07) is 10.5. The molecule has 4 nitrogen and oxygen atoms in total. The first-order chi connectivity index (χ1) is 15.8. The maximum Gasteiger partial charge on any atom is 0.225 e. The van der Waals surface area contributed by atoms with E-state index in [0.29, 0.717) is 0 Å². The van der Waals surface area contributed by atoms with Crippen LogP contribution in [0.3, 0.4) is 0 Å². The highest BCUT2D eigenvalue weighted by Crippen LogP contribution is 2.57. The van der Waals surface area contributed by atoms with Gasteiger partial charge < -0.3 is 10.0 Å². The minimum Gasteiger partial charge on any atom is -0.392 e. The summed E-state index contributed by atoms with van der Waals surface area (Å²) >= 11 is 3.70. The van der Waals surface area contributed by atoms with E-state index in [4.69, 9.17) is 4.98 Å². The minimum absolute atomic E-state index is 0.0203. The summed E-state index contributed by atoms with van der Waals surface area (Å²) in [6.07, 6.45) is 2.50. The molecule has 2 aliphatic rings. The summed E-state index contributed by atoms with van der Waals surface area (Å²) in [4.78, 5) is 22.7. The number of carbonyl (C=O) groups is 1. The lowest BCUT2D eigenvalue weighted by molar-refractivity contribution is -0.144. The number of thioether (sulfide) groups is 1. The molecule has 1 saturated carbocycles. The van der Waals surface area contributed by atoms with Gasteiger partial charge in [0.15, 0.2) is 0 Å². The van der Waals surface area contributed by atoms with E-state index in [1.54, 1.807) is 0 Å². The fourth-order valence-corrected chi connectivity index (χ4v) is 8.61. The average molecular weight is 487 g/mol. The van der Waals surface area contributed by atoms with Gasteiger partial charge in [-0.1, -0.05) is 39.0 Å². The van der Waals surface area contributed by atoms with Gasteiger partial charge in [-0.15, -0.1) is 23.1 Å². The van der Waals surface area contributed by atoms with Gasteiger partial charge in [-0.3, -0.25) is 4.79 Å². The first-order valence-electron chi connectivity index (χ1n) is 12.4. The monoisotopic (exact) mass is 486 g/mol. The number of hydrogen-bond donors (Lipinski definition) is 1. The summed E-state index contributed by atoms with van der Waals surface area (Å²) in [6.45, 7) is 12.1. The van der Waals surface area contributed by atoms with Crippen LogP contribution in [0.15, 0.2) is 35.2 Å². The molecule has 6 heteroatoms. The normalized spacial score (nSPS) is 29.8. The van der Waals surface area contributed by atoms with Gasteiger partial charge in [0.1, 0.15) is 5.01 Å². The van der Waals surface area contributed by atoms with E-state index in [-0.39, 0.29) is 35.0 Å². The molecule has 33 heavy (non-hydrogen) atoms. The molecule has 1 aromatic heterocycles. The molecular weight excluding hydrogens is 448 g/mol. The Morgan fingerprint density at radius 1 is 1.30 bits per heavy atom. The summed E-state index contributed by atoms with van der Waals surface area (Å²) in [7, 11) is 0. The van der Waals surface area contributed by atoms with Crippen molar-refractivity contribution in [3.8, 4) is 0 Å². The molecule has 1 heterocycles. The van der Waals surface area contributed by atoms with Gasteiger partial charge in [0.25, 0.3) is 0 Å². The topological polar surface area (TPSA) is 53.4 Å². The lowest BCUT2D eigenvalue weighted by Gasteiger charge is -2.53. The van der Waals surface area contributed by atoms with E-state index >= 15 is 0 Å². The second-order valence-corrected chi connectivity index (χ2v) is 12.4. The second kappa shape index (κ2) is 10.1. The maximum absolute atomic E-state index is 13.1. The van der Waals surface area contributed by atoms with E-state index in [1.807, 2.05) is 54.8 Å². The zero-order valence-corrected chi connectivity index (χ0v) is 22.2. The number of rotatable bonds is 7. The number of carbonyl (C=O) groups excluding carboxylic acids is 1. The van der Waals surface area contributed by atoms with Gasteiger partial charge in [-0.05, 0) is 62.5 Å². The molecule has 2 aromatic rings. The van der Waals surface area contributed by atoms with Crippen molar-refractivity contribution in [3.63, 3.8) is 0 Å². The number of aromatic nitrogens is 1. The molecule has 180 valence electrons. The van der Waals surface area contributed by atoms with Gasteiger partial charge in [-0.2, -0.15) is 0 Å². The number of benzene rings is 1. The van der Waals surface area contributed by atoms with Crippen molar-refractivity contribution in [2.45, 2.75) is 76.6 Å². The van der Waals surface area contributed by atoms with Crippen molar-refractivity contribution in [1.82, 2.24) is 9.88 Å². The van der Waals surface area contributed by atoms with E-state index in [0.717, 1.165) is 38.1 Å². The van der Waals surface area contributed by atoms with Crippen LogP contribution < -0.4 is 0 Å². The van der Waals surface area contributed by atoms with Crippen molar-refractivity contribution in [2.24, 2.45) is 23.2 Å². The quantitative estimate of drug-likeness (QED) is 0.488. The van der Waals surface area contributed by atoms with Crippen LogP contribution in [0.5, 0.6) is 0 Å². The molecule has 0 aliphatic heterocycles. The molecule has 0 saturated heterocycles. The van der Waals surface area contributed by atoms with Crippen LogP contribution in [-0.2, 0) is 17.0 Å². The van der Waals surface area contributed by atoms with Crippen LogP contribution in [0.4, 0.5) is 0 Å². The number of hydrogen-bond acceptors (Lipinski definition) is 5. The van der Waals surface area contributed by atoms with Gasteiger partial charge in [0.2, 0.25) is 5.91 Å². The van der Waals surface area contributed by atoms with E-state index in [9.17, 15) is 9.90 Å². The SMILES string of the molecule is CCN(CC)C(=O)[C@@H](C)[C@H]1CC[C@@]2(C)Cc3sc(CSc4ccccc4)nc3[C@@H](C)[C@@H]2[C@H]1O. The molecule has 1 aromatic carbocycles. The molecule has 0 spiro atoms. The minimum atomic E-state index is -0.467. The first kappa shape index (κ1) is 24.7. The third-order valence-corrected chi connectivity index (χ3v) is 10.5. The molecule has 1 N–H and O–H groups in total. The molecule has 0 unspecified atom stereocenters.